The van der Waals surface area contributed by atoms with Crippen LogP contribution >= 0.6 is 15.9 Å². The first-order valence-corrected chi connectivity index (χ1v) is 5.33. The van der Waals surface area contributed by atoms with E-state index in [9.17, 15) is 13.2 Å². The van der Waals surface area contributed by atoms with Gasteiger partial charge in [-0.3, -0.25) is 0 Å². The van der Waals surface area contributed by atoms with E-state index < -0.39 is 11.7 Å². The maximum absolute atomic E-state index is 12.6. The van der Waals surface area contributed by atoms with Crippen LogP contribution in [-0.2, 0) is 6.18 Å². The van der Waals surface area contributed by atoms with Crippen molar-refractivity contribution in [2.75, 3.05) is 5.73 Å². The molecule has 1 heterocycles. The number of nitrogens with two attached hydrogens (primary N) is 1. The molecule has 0 unspecified atom stereocenters. The van der Waals surface area contributed by atoms with Gasteiger partial charge in [0, 0.05) is 16.9 Å². The molecule has 2 rings (SSSR count). The van der Waals surface area contributed by atoms with Gasteiger partial charge in [0.2, 0.25) is 0 Å². The molecule has 2 aromatic rings. The Morgan fingerprint density at radius 1 is 1.29 bits per heavy atom. The molecule has 17 heavy (non-hydrogen) atoms. The minimum Gasteiger partial charge on any atom is -0.397 e. The number of imidazole rings is 1. The molecule has 0 aliphatic carbocycles. The van der Waals surface area contributed by atoms with Crippen molar-refractivity contribution >= 4 is 21.6 Å². The first-order chi connectivity index (χ1) is 7.89. The summed E-state index contributed by atoms with van der Waals surface area (Å²) in [7, 11) is 0. The lowest BCUT2D eigenvalue weighted by atomic mass is 10.1. The normalized spacial score (nSPS) is 11.8. The van der Waals surface area contributed by atoms with Gasteiger partial charge in [0.15, 0.2) is 0 Å². The van der Waals surface area contributed by atoms with Crippen LogP contribution in [0.3, 0.4) is 0 Å². The number of aromatic nitrogens is 2. The van der Waals surface area contributed by atoms with Crippen LogP contribution in [0.1, 0.15) is 5.56 Å². The molecule has 0 aliphatic rings. The number of alkyl halides is 3. The van der Waals surface area contributed by atoms with E-state index >= 15 is 0 Å². The van der Waals surface area contributed by atoms with E-state index in [-0.39, 0.29) is 10.2 Å². The van der Waals surface area contributed by atoms with Gasteiger partial charge in [-0.25, -0.2) is 4.98 Å². The Kier molecular flexibility index (Phi) is 2.86. The molecule has 2 N–H and O–H groups in total. The zero-order valence-electron chi connectivity index (χ0n) is 8.37. The predicted octanol–water partition coefficient (Wildman–Crippen LogP) is 3.24. The smallest absolute Gasteiger partial charge is 0.397 e. The van der Waals surface area contributed by atoms with Crippen molar-refractivity contribution in [3.63, 3.8) is 0 Å². The van der Waals surface area contributed by atoms with Crippen molar-refractivity contribution in [2.24, 2.45) is 0 Å². The van der Waals surface area contributed by atoms with Crippen LogP contribution < -0.4 is 5.73 Å². The van der Waals surface area contributed by atoms with Crippen molar-refractivity contribution in [1.82, 2.24) is 9.55 Å². The zero-order valence-corrected chi connectivity index (χ0v) is 9.96. The summed E-state index contributed by atoms with van der Waals surface area (Å²) in [6.45, 7) is 0. The second kappa shape index (κ2) is 4.06. The van der Waals surface area contributed by atoms with E-state index in [4.69, 9.17) is 5.73 Å². The van der Waals surface area contributed by atoms with E-state index in [2.05, 4.69) is 20.9 Å². The zero-order chi connectivity index (χ0) is 12.6. The summed E-state index contributed by atoms with van der Waals surface area (Å²) in [6, 6.07) is 2.22. The molecule has 7 heteroatoms. The summed E-state index contributed by atoms with van der Waals surface area (Å²) >= 11 is 2.89. The van der Waals surface area contributed by atoms with Gasteiger partial charge in [-0.15, -0.1) is 0 Å². The number of rotatable bonds is 1. The third kappa shape index (κ3) is 2.28. The second-order valence-electron chi connectivity index (χ2n) is 3.36. The lowest BCUT2D eigenvalue weighted by Gasteiger charge is -2.13. The maximum atomic E-state index is 12.6. The molecule has 1 aromatic carbocycles. The molecule has 0 saturated heterocycles. The van der Waals surface area contributed by atoms with Crippen LogP contribution in [0.15, 0.2) is 35.3 Å². The van der Waals surface area contributed by atoms with Crippen molar-refractivity contribution in [3.8, 4) is 5.69 Å². The fourth-order valence-corrected chi connectivity index (χ4v) is 1.98. The molecule has 0 amide bonds. The third-order valence-corrected chi connectivity index (χ3v) is 2.86. The second-order valence-corrected chi connectivity index (χ2v) is 4.21. The topological polar surface area (TPSA) is 43.8 Å². The van der Waals surface area contributed by atoms with E-state index in [1.54, 1.807) is 10.8 Å². The van der Waals surface area contributed by atoms with Crippen LogP contribution in [-0.4, -0.2) is 9.55 Å². The van der Waals surface area contributed by atoms with E-state index in [1.807, 2.05) is 0 Å². The maximum Gasteiger partial charge on any atom is 0.417 e. The number of halogens is 4. The monoisotopic (exact) mass is 305 g/mol. The van der Waals surface area contributed by atoms with E-state index in [1.165, 1.54) is 18.6 Å². The standard InChI is InChI=1S/C10H7BrF3N3/c11-7-4-9(17-2-1-16-5-17)8(15)3-6(7)10(12,13)14/h1-5H,15H2. The minimum atomic E-state index is -4.43. The fraction of sp³-hybridized carbons (Fsp3) is 0.100. The molecule has 3 nitrogen and oxygen atoms in total. The molecule has 0 aliphatic heterocycles. The third-order valence-electron chi connectivity index (χ3n) is 2.20. The van der Waals surface area contributed by atoms with Gasteiger partial charge in [0.1, 0.15) is 0 Å². The van der Waals surface area contributed by atoms with Crippen LogP contribution in [0.25, 0.3) is 5.69 Å². The minimum absolute atomic E-state index is 0.0403. The SMILES string of the molecule is Nc1cc(C(F)(F)F)c(Br)cc1-n1ccnc1. The summed E-state index contributed by atoms with van der Waals surface area (Å²) in [4.78, 5) is 3.81. The average molecular weight is 306 g/mol. The Labute approximate surface area is 103 Å². The Bertz CT molecular complexity index is 534. The molecule has 0 fully saturated rings. The molecule has 0 saturated carbocycles. The number of hydrogen-bond acceptors (Lipinski definition) is 2. The highest BCUT2D eigenvalue weighted by Crippen LogP contribution is 2.38. The Morgan fingerprint density at radius 3 is 2.53 bits per heavy atom. The number of nitrogen functional groups attached to an aromatic ring is 1. The van der Waals surface area contributed by atoms with Crippen LogP contribution in [0.5, 0.6) is 0 Å². The number of hydrogen-bond donors (Lipinski definition) is 1. The molecular weight excluding hydrogens is 299 g/mol. The van der Waals surface area contributed by atoms with E-state index in [0.717, 1.165) is 6.07 Å². The first-order valence-electron chi connectivity index (χ1n) is 4.54. The molecule has 1 aromatic heterocycles. The summed E-state index contributed by atoms with van der Waals surface area (Å²) in [5, 5.41) is 0. The van der Waals surface area contributed by atoms with Crippen molar-refractivity contribution < 1.29 is 13.2 Å². The first kappa shape index (κ1) is 12.0. The van der Waals surface area contributed by atoms with Gasteiger partial charge in [-0.1, -0.05) is 15.9 Å². The summed E-state index contributed by atoms with van der Waals surface area (Å²) in [6.07, 6.45) is 0.155. The van der Waals surface area contributed by atoms with Gasteiger partial charge in [-0.05, 0) is 12.1 Å². The molecule has 0 spiro atoms. The molecule has 0 atom stereocenters. The van der Waals surface area contributed by atoms with Gasteiger partial charge in [0.25, 0.3) is 0 Å². The summed E-state index contributed by atoms with van der Waals surface area (Å²) in [5.41, 5.74) is 5.30. The summed E-state index contributed by atoms with van der Waals surface area (Å²) in [5.74, 6) is 0. The van der Waals surface area contributed by atoms with Crippen LogP contribution in [0, 0.1) is 0 Å². The molecule has 0 bridgehead atoms. The highest BCUT2D eigenvalue weighted by molar-refractivity contribution is 9.10. The Balaban J connectivity index is 2.57. The molecule has 0 radical (unpaired) electrons. The van der Waals surface area contributed by atoms with E-state index in [0.29, 0.717) is 5.69 Å². The van der Waals surface area contributed by atoms with Gasteiger partial charge >= 0.3 is 6.18 Å². The van der Waals surface area contributed by atoms with Crippen LogP contribution in [0.4, 0.5) is 18.9 Å². The predicted molar refractivity (Wildman–Crippen MR) is 60.7 cm³/mol. The number of anilines is 1. The largest absolute Gasteiger partial charge is 0.417 e. The fourth-order valence-electron chi connectivity index (χ4n) is 1.42. The number of benzene rings is 1. The average Bonchev–Trinajstić information content (AvgIpc) is 2.72. The lowest BCUT2D eigenvalue weighted by molar-refractivity contribution is -0.138. The Hall–Kier alpha value is -1.50. The summed E-state index contributed by atoms with van der Waals surface area (Å²) < 4.78 is 39.3. The highest BCUT2D eigenvalue weighted by Gasteiger charge is 2.33. The molecule has 90 valence electrons. The Morgan fingerprint density at radius 2 is 2.00 bits per heavy atom. The van der Waals surface area contributed by atoms with Crippen molar-refractivity contribution in [1.29, 1.82) is 0 Å². The van der Waals surface area contributed by atoms with Crippen molar-refractivity contribution in [3.05, 3.63) is 40.9 Å². The van der Waals surface area contributed by atoms with Gasteiger partial charge in [-0.2, -0.15) is 13.2 Å². The quantitative estimate of drug-likeness (QED) is 0.822. The van der Waals surface area contributed by atoms with Crippen LogP contribution in [0.2, 0.25) is 0 Å². The number of nitrogens with zero attached hydrogens (tertiary/aromatic N) is 2. The van der Waals surface area contributed by atoms with Gasteiger partial charge < -0.3 is 10.3 Å². The highest BCUT2D eigenvalue weighted by atomic mass is 79.9. The van der Waals surface area contributed by atoms with Gasteiger partial charge in [0.05, 0.1) is 23.3 Å². The van der Waals surface area contributed by atoms with Crippen molar-refractivity contribution in [2.45, 2.75) is 6.18 Å². The molecular formula is C10H7BrF3N3. The lowest BCUT2D eigenvalue weighted by Crippen LogP contribution is -2.08.